The van der Waals surface area contributed by atoms with Gasteiger partial charge in [-0.25, -0.2) is 9.97 Å². The van der Waals surface area contributed by atoms with Crippen molar-refractivity contribution in [1.29, 1.82) is 0 Å². The molecule has 0 fully saturated rings. The summed E-state index contributed by atoms with van der Waals surface area (Å²) < 4.78 is 0. The third-order valence-corrected chi connectivity index (χ3v) is 3.79. The molecule has 96 valence electrons. The van der Waals surface area contributed by atoms with E-state index >= 15 is 0 Å². The fourth-order valence-electron chi connectivity index (χ4n) is 1.99. The van der Waals surface area contributed by atoms with Crippen molar-refractivity contribution in [2.45, 2.75) is 13.8 Å². The Morgan fingerprint density at radius 3 is 2.63 bits per heavy atom. The molecule has 0 aliphatic rings. The number of rotatable bonds is 3. The van der Waals surface area contributed by atoms with E-state index in [0.717, 1.165) is 34.0 Å². The van der Waals surface area contributed by atoms with E-state index in [4.69, 9.17) is 0 Å². The minimum absolute atomic E-state index is 0.783. The van der Waals surface area contributed by atoms with Crippen LogP contribution in [0.5, 0.6) is 0 Å². The van der Waals surface area contributed by atoms with E-state index < -0.39 is 0 Å². The molecule has 3 nitrogen and oxygen atoms in total. The number of aryl methyl sites for hydroxylation is 1. The third-order valence-electron chi connectivity index (χ3n) is 2.98. The Balaban J connectivity index is 2.15. The van der Waals surface area contributed by atoms with Gasteiger partial charge in [-0.2, -0.15) is 0 Å². The average molecular weight is 269 g/mol. The van der Waals surface area contributed by atoms with Crippen molar-refractivity contribution in [3.8, 4) is 11.4 Å². The van der Waals surface area contributed by atoms with Crippen molar-refractivity contribution in [2.24, 2.45) is 0 Å². The first-order valence-corrected chi connectivity index (χ1v) is 7.22. The van der Waals surface area contributed by atoms with Crippen molar-refractivity contribution in [3.63, 3.8) is 0 Å². The molecule has 2 heterocycles. The molecule has 4 heteroatoms. The lowest BCUT2D eigenvalue weighted by Gasteiger charge is -2.07. The lowest BCUT2D eigenvalue weighted by molar-refractivity contribution is 1.15. The molecule has 0 spiro atoms. The highest BCUT2D eigenvalue weighted by atomic mass is 32.1. The van der Waals surface area contributed by atoms with Crippen LogP contribution in [-0.2, 0) is 0 Å². The highest BCUT2D eigenvalue weighted by Gasteiger charge is 2.09. The summed E-state index contributed by atoms with van der Waals surface area (Å²) in [7, 11) is 0. The predicted octanol–water partition coefficient (Wildman–Crippen LogP) is 4.10. The van der Waals surface area contributed by atoms with E-state index in [1.54, 1.807) is 11.3 Å². The van der Waals surface area contributed by atoms with Gasteiger partial charge < -0.3 is 5.32 Å². The van der Waals surface area contributed by atoms with E-state index in [9.17, 15) is 0 Å². The fraction of sp³-hybridized carbons (Fsp3) is 0.200. The number of anilines is 1. The number of hydrogen-bond donors (Lipinski definition) is 1. The first kappa shape index (κ1) is 12.1. The smallest absolute Gasteiger partial charge is 0.163 e. The number of fused-ring (bicyclic) bond motifs is 1. The molecule has 3 aromatic rings. The van der Waals surface area contributed by atoms with Crippen molar-refractivity contribution >= 4 is 27.4 Å². The van der Waals surface area contributed by atoms with Crippen LogP contribution >= 0.6 is 11.3 Å². The van der Waals surface area contributed by atoms with Gasteiger partial charge in [0, 0.05) is 12.1 Å². The molecule has 0 aliphatic heterocycles. The van der Waals surface area contributed by atoms with Crippen LogP contribution in [0.15, 0.2) is 35.7 Å². The van der Waals surface area contributed by atoms with Crippen LogP contribution in [0, 0.1) is 6.92 Å². The van der Waals surface area contributed by atoms with Gasteiger partial charge in [-0.3, -0.25) is 0 Å². The second-order valence-corrected chi connectivity index (χ2v) is 5.33. The monoisotopic (exact) mass is 269 g/mol. The number of nitrogens with zero attached hydrogens (tertiary/aromatic N) is 2. The Morgan fingerprint density at radius 2 is 1.89 bits per heavy atom. The summed E-state index contributed by atoms with van der Waals surface area (Å²) in [5.41, 5.74) is 2.30. The van der Waals surface area contributed by atoms with Crippen LogP contribution in [0.25, 0.3) is 21.6 Å². The van der Waals surface area contributed by atoms with E-state index in [0.29, 0.717) is 0 Å². The Labute approximate surface area is 116 Å². The number of thiophene rings is 1. The lowest BCUT2D eigenvalue weighted by Crippen LogP contribution is -2.01. The SMILES string of the molecule is CCNc1nc(-c2ccc(C)cc2)nc2sccc12. The van der Waals surface area contributed by atoms with Gasteiger partial charge in [-0.15, -0.1) is 11.3 Å². The van der Waals surface area contributed by atoms with Crippen molar-refractivity contribution in [1.82, 2.24) is 9.97 Å². The minimum atomic E-state index is 0.783. The number of nitrogens with one attached hydrogen (secondary N) is 1. The summed E-state index contributed by atoms with van der Waals surface area (Å²) >= 11 is 1.65. The second kappa shape index (κ2) is 4.97. The Kier molecular flexibility index (Phi) is 3.17. The zero-order valence-electron chi connectivity index (χ0n) is 11.0. The molecule has 0 saturated heterocycles. The van der Waals surface area contributed by atoms with Crippen molar-refractivity contribution < 1.29 is 0 Å². The standard InChI is InChI=1S/C15H15N3S/c1-3-16-14-12-8-9-19-15(12)18-13(17-14)11-6-4-10(2)5-7-11/h4-9H,3H2,1-2H3,(H,16,17,18). The van der Waals surface area contributed by atoms with E-state index in [1.807, 2.05) is 0 Å². The summed E-state index contributed by atoms with van der Waals surface area (Å²) in [6.07, 6.45) is 0. The van der Waals surface area contributed by atoms with E-state index in [-0.39, 0.29) is 0 Å². The molecule has 1 aromatic carbocycles. The van der Waals surface area contributed by atoms with E-state index in [2.05, 4.69) is 64.8 Å². The predicted molar refractivity (Wildman–Crippen MR) is 81.8 cm³/mol. The maximum Gasteiger partial charge on any atom is 0.163 e. The quantitative estimate of drug-likeness (QED) is 0.778. The molecule has 19 heavy (non-hydrogen) atoms. The summed E-state index contributed by atoms with van der Waals surface area (Å²) in [6, 6.07) is 10.4. The molecule has 1 N–H and O–H groups in total. The number of benzene rings is 1. The van der Waals surface area contributed by atoms with E-state index in [1.165, 1.54) is 5.56 Å². The maximum atomic E-state index is 4.65. The Hall–Kier alpha value is -1.94. The van der Waals surface area contributed by atoms with Crippen LogP contribution in [0.3, 0.4) is 0 Å². The van der Waals surface area contributed by atoms with Gasteiger partial charge >= 0.3 is 0 Å². The summed E-state index contributed by atoms with van der Waals surface area (Å²) in [6.45, 7) is 5.01. The molecule has 0 aliphatic carbocycles. The second-order valence-electron chi connectivity index (χ2n) is 4.43. The topological polar surface area (TPSA) is 37.8 Å². The normalized spacial score (nSPS) is 10.8. The van der Waals surface area contributed by atoms with Gasteiger partial charge in [0.15, 0.2) is 5.82 Å². The van der Waals surface area contributed by atoms with Crippen LogP contribution in [0.4, 0.5) is 5.82 Å². The highest BCUT2D eigenvalue weighted by Crippen LogP contribution is 2.28. The van der Waals surface area contributed by atoms with Crippen molar-refractivity contribution in [3.05, 3.63) is 41.3 Å². The molecular formula is C15H15N3S. The van der Waals surface area contributed by atoms with Gasteiger partial charge in [0.2, 0.25) is 0 Å². The van der Waals surface area contributed by atoms with Gasteiger partial charge in [-0.1, -0.05) is 29.8 Å². The van der Waals surface area contributed by atoms with Crippen molar-refractivity contribution in [2.75, 3.05) is 11.9 Å². The van der Waals surface area contributed by atoms with Gasteiger partial charge in [-0.05, 0) is 25.3 Å². The van der Waals surface area contributed by atoms with Crippen LogP contribution < -0.4 is 5.32 Å². The average Bonchev–Trinajstić information content (AvgIpc) is 2.88. The van der Waals surface area contributed by atoms with Gasteiger partial charge in [0.1, 0.15) is 10.6 Å². The molecule has 0 bridgehead atoms. The largest absolute Gasteiger partial charge is 0.370 e. The van der Waals surface area contributed by atoms with Crippen LogP contribution in [0.2, 0.25) is 0 Å². The minimum Gasteiger partial charge on any atom is -0.370 e. The first-order chi connectivity index (χ1) is 9.28. The molecule has 0 amide bonds. The first-order valence-electron chi connectivity index (χ1n) is 6.34. The fourth-order valence-corrected chi connectivity index (χ4v) is 2.75. The summed E-state index contributed by atoms with van der Waals surface area (Å²) in [5.74, 6) is 1.70. The summed E-state index contributed by atoms with van der Waals surface area (Å²) in [4.78, 5) is 10.3. The zero-order valence-corrected chi connectivity index (χ0v) is 11.8. The third kappa shape index (κ3) is 2.31. The number of hydrogen-bond acceptors (Lipinski definition) is 4. The number of aromatic nitrogens is 2. The molecule has 0 unspecified atom stereocenters. The Morgan fingerprint density at radius 1 is 1.11 bits per heavy atom. The molecule has 2 aromatic heterocycles. The zero-order chi connectivity index (χ0) is 13.2. The highest BCUT2D eigenvalue weighted by molar-refractivity contribution is 7.16. The Bertz CT molecular complexity index is 701. The summed E-state index contributed by atoms with van der Waals surface area (Å²) in [5, 5.41) is 6.47. The molecular weight excluding hydrogens is 254 g/mol. The van der Waals surface area contributed by atoms with Gasteiger partial charge in [0.25, 0.3) is 0 Å². The van der Waals surface area contributed by atoms with Crippen LogP contribution in [0.1, 0.15) is 12.5 Å². The molecule has 0 atom stereocenters. The van der Waals surface area contributed by atoms with Crippen LogP contribution in [-0.4, -0.2) is 16.5 Å². The maximum absolute atomic E-state index is 4.65. The molecule has 3 rings (SSSR count). The lowest BCUT2D eigenvalue weighted by atomic mass is 10.1. The van der Waals surface area contributed by atoms with Gasteiger partial charge in [0.05, 0.1) is 5.39 Å². The molecule has 0 saturated carbocycles. The molecule has 0 radical (unpaired) electrons.